The molecule has 0 unspecified atom stereocenters. The summed E-state index contributed by atoms with van der Waals surface area (Å²) in [6.07, 6.45) is 0. The van der Waals surface area contributed by atoms with Gasteiger partial charge in [0.05, 0.1) is 37.9 Å². The molecule has 9 aromatic rings. The van der Waals surface area contributed by atoms with Crippen LogP contribution in [-0.4, -0.2) is 30.9 Å². The van der Waals surface area contributed by atoms with Crippen LogP contribution in [0.3, 0.4) is 0 Å². The molecule has 0 amide bonds. The average Bonchev–Trinajstić information content (AvgIpc) is 3.56. The highest BCUT2D eigenvalue weighted by Gasteiger charge is 2.22. The molecule has 0 radical (unpaired) electrons. The minimum Gasteiger partial charge on any atom is -0.497 e. The van der Waals surface area contributed by atoms with Crippen molar-refractivity contribution in [3.8, 4) is 62.0 Å². The molecule has 9 rings (SSSR count). The number of imidazole rings is 1. The zero-order valence-electron chi connectivity index (χ0n) is 29.5. The van der Waals surface area contributed by atoms with Crippen molar-refractivity contribution in [3.63, 3.8) is 0 Å². The van der Waals surface area contributed by atoms with Gasteiger partial charge < -0.3 is 18.8 Å². The lowest BCUT2D eigenvalue weighted by molar-refractivity contribution is 0.415. The van der Waals surface area contributed by atoms with Gasteiger partial charge in [-0.05, 0) is 97.4 Å². The van der Waals surface area contributed by atoms with Gasteiger partial charge in [-0.3, -0.25) is 0 Å². The third-order valence-corrected chi connectivity index (χ3v) is 10.3. The van der Waals surface area contributed by atoms with Crippen molar-refractivity contribution in [2.45, 2.75) is 0 Å². The summed E-state index contributed by atoms with van der Waals surface area (Å²) in [6, 6.07) is 51.3. The number of methoxy groups -OCH3 is 3. The van der Waals surface area contributed by atoms with Crippen LogP contribution in [0, 0.1) is 0 Å². The summed E-state index contributed by atoms with van der Waals surface area (Å²) in [7, 11) is 7.24. The van der Waals surface area contributed by atoms with Crippen molar-refractivity contribution in [2.75, 3.05) is 21.3 Å². The lowest BCUT2D eigenvalue weighted by Gasteiger charge is -2.13. The van der Waals surface area contributed by atoms with E-state index in [1.165, 1.54) is 5.39 Å². The molecule has 5 nitrogen and oxygen atoms in total. The summed E-state index contributed by atoms with van der Waals surface area (Å²) in [5.41, 5.74) is 9.88. The number of aryl methyl sites for hydroxylation is 1. The van der Waals surface area contributed by atoms with Gasteiger partial charge in [0.15, 0.2) is 0 Å². The molecule has 252 valence electrons. The van der Waals surface area contributed by atoms with Gasteiger partial charge >= 0.3 is 0 Å². The molecule has 0 N–H and O–H groups in total. The predicted molar refractivity (Wildman–Crippen MR) is 215 cm³/mol. The van der Waals surface area contributed by atoms with Crippen molar-refractivity contribution >= 4 is 43.4 Å². The topological polar surface area (TPSA) is 45.5 Å². The molecular formula is C47H36N2O3. The van der Waals surface area contributed by atoms with Gasteiger partial charge in [-0.1, -0.05) is 103 Å². The third-order valence-electron chi connectivity index (χ3n) is 10.3. The minimum atomic E-state index is 0.794. The van der Waals surface area contributed by atoms with E-state index in [1.807, 2.05) is 30.3 Å². The summed E-state index contributed by atoms with van der Waals surface area (Å²) in [5.74, 6) is 3.34. The number of benzene rings is 8. The van der Waals surface area contributed by atoms with Crippen LogP contribution in [0.2, 0.25) is 0 Å². The lowest BCUT2D eigenvalue weighted by atomic mass is 9.93. The van der Waals surface area contributed by atoms with Crippen LogP contribution in [-0.2, 0) is 7.05 Å². The molecule has 0 atom stereocenters. The highest BCUT2D eigenvalue weighted by molar-refractivity contribution is 6.25. The second-order valence-electron chi connectivity index (χ2n) is 13.1. The fraction of sp³-hybridized carbons (Fsp3) is 0.0851. The van der Waals surface area contributed by atoms with E-state index in [2.05, 4.69) is 127 Å². The van der Waals surface area contributed by atoms with E-state index in [0.29, 0.717) is 0 Å². The van der Waals surface area contributed by atoms with E-state index in [1.54, 1.807) is 21.3 Å². The monoisotopic (exact) mass is 676 g/mol. The second kappa shape index (κ2) is 12.6. The van der Waals surface area contributed by atoms with E-state index in [9.17, 15) is 0 Å². The first-order valence-electron chi connectivity index (χ1n) is 17.4. The Morgan fingerprint density at radius 3 is 1.52 bits per heavy atom. The van der Waals surface area contributed by atoms with Crippen molar-refractivity contribution < 1.29 is 14.2 Å². The van der Waals surface area contributed by atoms with Gasteiger partial charge in [0.2, 0.25) is 0 Å². The Morgan fingerprint density at radius 2 is 0.942 bits per heavy atom. The van der Waals surface area contributed by atoms with E-state index >= 15 is 0 Å². The van der Waals surface area contributed by atoms with Crippen LogP contribution in [0.15, 0.2) is 146 Å². The van der Waals surface area contributed by atoms with E-state index in [-0.39, 0.29) is 0 Å². The largest absolute Gasteiger partial charge is 0.497 e. The Kier molecular flexibility index (Phi) is 7.62. The standard InChI is InChI=1S/C47H36N2O3/c1-49-46-42-28-35(31-11-9-29(10-12-31)30-13-20-36(50-2)21-14-30)18-25-40(42)39-24-17-34(32-15-22-37(51-3)23-16-32)27-41(39)45(46)48-47(49)44-38-8-6-5-7-33(38)19-26-43(44)52-4/h5-28H,1-4H3. The molecule has 0 saturated carbocycles. The highest BCUT2D eigenvalue weighted by atomic mass is 16.5. The first-order chi connectivity index (χ1) is 25.5. The Labute approximate surface area is 302 Å². The predicted octanol–water partition coefficient (Wildman–Crippen LogP) is 11.7. The molecule has 8 aromatic carbocycles. The normalized spacial score (nSPS) is 11.5. The Hall–Kier alpha value is -6.59. The van der Waals surface area contributed by atoms with Crippen LogP contribution >= 0.6 is 0 Å². The van der Waals surface area contributed by atoms with Gasteiger partial charge in [0.1, 0.15) is 23.1 Å². The summed E-state index contributed by atoms with van der Waals surface area (Å²) in [5, 5.41) is 6.84. The molecule has 1 aromatic heterocycles. The first kappa shape index (κ1) is 31.4. The highest BCUT2D eigenvalue weighted by Crippen LogP contribution is 2.43. The maximum atomic E-state index is 5.99. The van der Waals surface area contributed by atoms with Gasteiger partial charge in [0.25, 0.3) is 0 Å². The number of nitrogens with zero attached hydrogens (tertiary/aromatic N) is 2. The molecule has 5 heteroatoms. The van der Waals surface area contributed by atoms with Crippen LogP contribution in [0.5, 0.6) is 17.2 Å². The van der Waals surface area contributed by atoms with Crippen molar-refractivity contribution in [2.24, 2.45) is 7.05 Å². The molecule has 0 bridgehead atoms. The number of fused-ring (bicyclic) bond motifs is 7. The number of rotatable bonds is 7. The Bertz CT molecular complexity index is 2780. The summed E-state index contributed by atoms with van der Waals surface area (Å²) in [6.45, 7) is 0. The lowest BCUT2D eigenvalue weighted by Crippen LogP contribution is -1.97. The molecule has 0 saturated heterocycles. The molecule has 0 spiro atoms. The van der Waals surface area contributed by atoms with Crippen LogP contribution in [0.4, 0.5) is 0 Å². The maximum Gasteiger partial charge on any atom is 0.145 e. The molecule has 1 heterocycles. The second-order valence-corrected chi connectivity index (χ2v) is 13.1. The van der Waals surface area contributed by atoms with Crippen molar-refractivity contribution in [3.05, 3.63) is 146 Å². The molecule has 0 aliphatic carbocycles. The minimum absolute atomic E-state index is 0.794. The fourth-order valence-electron chi connectivity index (χ4n) is 7.60. The summed E-state index contributed by atoms with van der Waals surface area (Å²) < 4.78 is 19.0. The summed E-state index contributed by atoms with van der Waals surface area (Å²) in [4.78, 5) is 5.50. The first-order valence-corrected chi connectivity index (χ1v) is 17.4. The number of aromatic nitrogens is 2. The quantitative estimate of drug-likeness (QED) is 0.158. The number of hydrogen-bond acceptors (Lipinski definition) is 4. The van der Waals surface area contributed by atoms with Gasteiger partial charge in [-0.25, -0.2) is 4.98 Å². The van der Waals surface area contributed by atoms with Crippen LogP contribution < -0.4 is 14.2 Å². The van der Waals surface area contributed by atoms with Crippen LogP contribution in [0.25, 0.3) is 88.1 Å². The number of hydrogen-bond donors (Lipinski definition) is 0. The van der Waals surface area contributed by atoms with E-state index in [0.717, 1.165) is 100.0 Å². The molecule has 0 aliphatic rings. The molecular weight excluding hydrogens is 641 g/mol. The smallest absolute Gasteiger partial charge is 0.145 e. The SMILES string of the molecule is COc1ccc(-c2ccc(-c3ccc4c5ccc(-c6ccc(OC)cc6)cc5c5nc(-c6c(OC)ccc7ccccc67)n(C)c5c4c3)cc2)cc1. The van der Waals surface area contributed by atoms with Crippen LogP contribution in [0.1, 0.15) is 0 Å². The van der Waals surface area contributed by atoms with E-state index < -0.39 is 0 Å². The molecule has 52 heavy (non-hydrogen) atoms. The zero-order chi connectivity index (χ0) is 35.3. The Balaban J connectivity index is 1.28. The Morgan fingerprint density at radius 1 is 0.442 bits per heavy atom. The molecule has 0 aliphatic heterocycles. The maximum absolute atomic E-state index is 5.99. The average molecular weight is 677 g/mol. The summed E-state index contributed by atoms with van der Waals surface area (Å²) >= 11 is 0. The molecule has 0 fully saturated rings. The van der Waals surface area contributed by atoms with E-state index in [4.69, 9.17) is 19.2 Å². The number of ether oxygens (including phenoxy) is 3. The van der Waals surface area contributed by atoms with Crippen molar-refractivity contribution in [1.29, 1.82) is 0 Å². The van der Waals surface area contributed by atoms with Gasteiger partial charge in [0, 0.05) is 17.8 Å². The zero-order valence-corrected chi connectivity index (χ0v) is 29.5. The van der Waals surface area contributed by atoms with Gasteiger partial charge in [-0.2, -0.15) is 0 Å². The third kappa shape index (κ3) is 5.13. The van der Waals surface area contributed by atoms with Crippen molar-refractivity contribution in [1.82, 2.24) is 9.55 Å². The fourth-order valence-corrected chi connectivity index (χ4v) is 7.60. The van der Waals surface area contributed by atoms with Gasteiger partial charge in [-0.15, -0.1) is 0 Å².